The third-order valence-corrected chi connectivity index (χ3v) is 4.00. The summed E-state index contributed by atoms with van der Waals surface area (Å²) in [6.07, 6.45) is 1.63. The highest BCUT2D eigenvalue weighted by molar-refractivity contribution is 9.11. The van der Waals surface area contributed by atoms with E-state index in [1.54, 1.807) is 36.5 Å². The van der Waals surface area contributed by atoms with Gasteiger partial charge in [-0.25, -0.2) is 0 Å². The second kappa shape index (κ2) is 5.11. The molecule has 0 aliphatic rings. The Balaban J connectivity index is 2.11. The van der Waals surface area contributed by atoms with Crippen LogP contribution >= 0.6 is 27.3 Å². The van der Waals surface area contributed by atoms with Gasteiger partial charge in [0, 0.05) is 26.8 Å². The molecule has 0 atom stereocenters. The number of hydrogen-bond acceptors (Lipinski definition) is 4. The largest absolute Gasteiger partial charge is 0.396 e. The summed E-state index contributed by atoms with van der Waals surface area (Å²) >= 11 is 4.99. The number of rotatable bonds is 3. The van der Waals surface area contributed by atoms with E-state index in [0.717, 1.165) is 9.35 Å². The molecule has 2 heterocycles. The average molecular weight is 329 g/mol. The van der Waals surface area contributed by atoms with Gasteiger partial charge in [0.05, 0.1) is 9.47 Å². The third-order valence-electron chi connectivity index (χ3n) is 2.45. The van der Waals surface area contributed by atoms with E-state index < -0.39 is 0 Å². The molecule has 2 aromatic rings. The number of nitrogen functional groups attached to an aromatic ring is 1. The molecule has 0 radical (unpaired) electrons. The molecule has 0 saturated heterocycles. The van der Waals surface area contributed by atoms with Crippen LogP contribution in [0, 0.1) is 0 Å². The Morgan fingerprint density at radius 2 is 2.39 bits per heavy atom. The number of thiophene rings is 1. The van der Waals surface area contributed by atoms with Crippen LogP contribution in [0.3, 0.4) is 0 Å². The van der Waals surface area contributed by atoms with Crippen molar-refractivity contribution in [3.05, 3.63) is 32.7 Å². The zero-order valence-corrected chi connectivity index (χ0v) is 12.5. The molecule has 0 unspecified atom stereocenters. The number of amides is 1. The summed E-state index contributed by atoms with van der Waals surface area (Å²) in [4.78, 5) is 13.8. The maximum Gasteiger partial charge on any atom is 0.276 e. The quantitative estimate of drug-likeness (QED) is 0.938. The van der Waals surface area contributed by atoms with Crippen molar-refractivity contribution >= 4 is 38.9 Å². The van der Waals surface area contributed by atoms with Gasteiger partial charge in [0.15, 0.2) is 5.69 Å². The lowest BCUT2D eigenvalue weighted by Crippen LogP contribution is -2.27. The molecule has 2 rings (SSSR count). The fourth-order valence-corrected chi connectivity index (χ4v) is 2.83. The van der Waals surface area contributed by atoms with Crippen LogP contribution in [-0.4, -0.2) is 27.6 Å². The van der Waals surface area contributed by atoms with Gasteiger partial charge in [-0.2, -0.15) is 5.10 Å². The maximum atomic E-state index is 12.2. The number of aromatic nitrogens is 2. The number of carbonyl (C=O) groups is 1. The van der Waals surface area contributed by atoms with E-state index in [9.17, 15) is 4.79 Å². The van der Waals surface area contributed by atoms with E-state index in [0.29, 0.717) is 17.9 Å². The number of carbonyl (C=O) groups excluding carboxylic acids is 1. The van der Waals surface area contributed by atoms with E-state index in [1.807, 2.05) is 11.4 Å². The fourth-order valence-electron chi connectivity index (χ4n) is 1.63. The SMILES string of the molecule is CN(Cc1csc(Br)c1)C(=O)c1nn(C)cc1N. The van der Waals surface area contributed by atoms with Crippen molar-refractivity contribution in [1.29, 1.82) is 0 Å². The first kappa shape index (κ1) is 13.1. The molecule has 0 aliphatic carbocycles. The van der Waals surface area contributed by atoms with Gasteiger partial charge in [-0.05, 0) is 32.9 Å². The second-order valence-corrected chi connectivity index (χ2v) is 6.32. The van der Waals surface area contributed by atoms with Crippen molar-refractivity contribution in [3.63, 3.8) is 0 Å². The van der Waals surface area contributed by atoms with Crippen LogP contribution in [0.2, 0.25) is 0 Å². The van der Waals surface area contributed by atoms with Crippen molar-refractivity contribution in [2.24, 2.45) is 7.05 Å². The lowest BCUT2D eigenvalue weighted by molar-refractivity contribution is 0.0779. The van der Waals surface area contributed by atoms with Gasteiger partial charge in [-0.1, -0.05) is 0 Å². The van der Waals surface area contributed by atoms with Gasteiger partial charge >= 0.3 is 0 Å². The molecular formula is C11H13BrN4OS. The number of hydrogen-bond donors (Lipinski definition) is 1. The van der Waals surface area contributed by atoms with Crippen LogP contribution in [0.25, 0.3) is 0 Å². The molecule has 5 nitrogen and oxygen atoms in total. The third kappa shape index (κ3) is 2.73. The zero-order chi connectivity index (χ0) is 13.3. The van der Waals surface area contributed by atoms with E-state index in [4.69, 9.17) is 5.73 Å². The van der Waals surface area contributed by atoms with Gasteiger partial charge in [0.25, 0.3) is 5.91 Å². The summed E-state index contributed by atoms with van der Waals surface area (Å²) in [7, 11) is 3.48. The molecular weight excluding hydrogens is 316 g/mol. The van der Waals surface area contributed by atoms with Gasteiger partial charge in [-0.15, -0.1) is 11.3 Å². The minimum absolute atomic E-state index is 0.171. The van der Waals surface area contributed by atoms with Crippen LogP contribution in [0.4, 0.5) is 5.69 Å². The Hall–Kier alpha value is -1.34. The van der Waals surface area contributed by atoms with Crippen molar-refractivity contribution in [1.82, 2.24) is 14.7 Å². The molecule has 18 heavy (non-hydrogen) atoms. The van der Waals surface area contributed by atoms with Gasteiger partial charge in [0.2, 0.25) is 0 Å². The smallest absolute Gasteiger partial charge is 0.276 e. The Kier molecular flexibility index (Phi) is 3.72. The molecule has 0 fully saturated rings. The number of halogens is 1. The van der Waals surface area contributed by atoms with Crippen molar-refractivity contribution in [2.75, 3.05) is 12.8 Å². The first-order valence-corrected chi connectivity index (χ1v) is 6.92. The summed E-state index contributed by atoms with van der Waals surface area (Å²) in [6.45, 7) is 0.539. The van der Waals surface area contributed by atoms with Crippen LogP contribution < -0.4 is 5.73 Å². The van der Waals surface area contributed by atoms with Crippen LogP contribution in [0.1, 0.15) is 16.1 Å². The molecule has 2 N–H and O–H groups in total. The predicted octanol–water partition coefficient (Wildman–Crippen LogP) is 2.10. The summed E-state index contributed by atoms with van der Waals surface area (Å²) in [5.41, 5.74) is 7.53. The van der Waals surface area contributed by atoms with E-state index in [-0.39, 0.29) is 5.91 Å². The average Bonchev–Trinajstić information content (AvgIpc) is 2.84. The number of nitrogens with two attached hydrogens (primary N) is 1. The molecule has 7 heteroatoms. The van der Waals surface area contributed by atoms with Crippen LogP contribution in [0.5, 0.6) is 0 Å². The number of aryl methyl sites for hydroxylation is 1. The van der Waals surface area contributed by atoms with Gasteiger partial charge < -0.3 is 10.6 Å². The van der Waals surface area contributed by atoms with Gasteiger partial charge in [0.1, 0.15) is 0 Å². The van der Waals surface area contributed by atoms with Crippen molar-refractivity contribution in [3.8, 4) is 0 Å². The first-order chi connectivity index (χ1) is 8.47. The molecule has 2 aromatic heterocycles. The highest BCUT2D eigenvalue weighted by Gasteiger charge is 2.18. The van der Waals surface area contributed by atoms with E-state index in [2.05, 4.69) is 21.0 Å². The Morgan fingerprint density at radius 3 is 2.89 bits per heavy atom. The summed E-state index contributed by atoms with van der Waals surface area (Å²) in [6, 6.07) is 2.00. The number of anilines is 1. The summed E-state index contributed by atoms with van der Waals surface area (Å²) < 4.78 is 2.59. The molecule has 0 aromatic carbocycles. The summed E-state index contributed by atoms with van der Waals surface area (Å²) in [5, 5.41) is 6.08. The topological polar surface area (TPSA) is 64.2 Å². The monoisotopic (exact) mass is 328 g/mol. The standard InChI is InChI=1S/C11H13BrN4OS/c1-15(4-7-3-9(12)18-6-7)11(17)10-8(13)5-16(2)14-10/h3,5-6H,4,13H2,1-2H3. The van der Waals surface area contributed by atoms with Crippen molar-refractivity contribution < 1.29 is 4.79 Å². The lowest BCUT2D eigenvalue weighted by atomic mass is 10.3. The van der Waals surface area contributed by atoms with Gasteiger partial charge in [-0.3, -0.25) is 9.48 Å². The highest BCUT2D eigenvalue weighted by atomic mass is 79.9. The number of nitrogens with zero attached hydrogens (tertiary/aromatic N) is 3. The molecule has 1 amide bonds. The molecule has 0 aliphatic heterocycles. The van der Waals surface area contributed by atoms with E-state index >= 15 is 0 Å². The van der Waals surface area contributed by atoms with Crippen LogP contribution in [0.15, 0.2) is 21.4 Å². The summed E-state index contributed by atoms with van der Waals surface area (Å²) in [5.74, 6) is -0.171. The Bertz CT molecular complexity index is 577. The van der Waals surface area contributed by atoms with Crippen molar-refractivity contribution in [2.45, 2.75) is 6.54 Å². The fraction of sp³-hybridized carbons (Fsp3) is 0.273. The zero-order valence-electron chi connectivity index (χ0n) is 10.1. The minimum Gasteiger partial charge on any atom is -0.396 e. The Labute approximate surface area is 117 Å². The molecule has 96 valence electrons. The molecule has 0 saturated carbocycles. The molecule has 0 spiro atoms. The first-order valence-electron chi connectivity index (χ1n) is 5.25. The van der Waals surface area contributed by atoms with E-state index in [1.165, 1.54) is 4.68 Å². The molecule has 0 bridgehead atoms. The minimum atomic E-state index is -0.171. The second-order valence-electron chi connectivity index (χ2n) is 4.03. The Morgan fingerprint density at radius 1 is 1.67 bits per heavy atom. The maximum absolute atomic E-state index is 12.2. The predicted molar refractivity (Wildman–Crippen MR) is 75.4 cm³/mol. The normalized spacial score (nSPS) is 10.6. The lowest BCUT2D eigenvalue weighted by Gasteiger charge is -2.15. The van der Waals surface area contributed by atoms with Crippen LogP contribution in [-0.2, 0) is 13.6 Å². The highest BCUT2D eigenvalue weighted by Crippen LogP contribution is 2.22.